The van der Waals surface area contributed by atoms with Crippen LogP contribution < -0.4 is 5.32 Å². The van der Waals surface area contributed by atoms with E-state index in [4.69, 9.17) is 4.74 Å². The van der Waals surface area contributed by atoms with Crippen LogP contribution in [0.1, 0.15) is 53.4 Å². The summed E-state index contributed by atoms with van der Waals surface area (Å²) in [6.07, 6.45) is 4.50. The quantitative estimate of drug-likeness (QED) is 0.594. The molecule has 2 atom stereocenters. The molecule has 0 aromatic heterocycles. The Labute approximate surface area is 105 Å². The van der Waals surface area contributed by atoms with Crippen molar-refractivity contribution in [3.8, 4) is 0 Å². The lowest BCUT2D eigenvalue weighted by atomic mass is 10.1. The normalized spacial score (nSPS) is 24.9. The molecule has 0 saturated heterocycles. The summed E-state index contributed by atoms with van der Waals surface area (Å²) in [7, 11) is 0. The third kappa shape index (κ3) is 6.67. The van der Waals surface area contributed by atoms with Crippen molar-refractivity contribution in [2.75, 3.05) is 13.1 Å². The highest BCUT2D eigenvalue weighted by molar-refractivity contribution is 5.70. The molecular formula is C14H27NO2. The SMILES string of the molecule is CC1CCC(CNCCC(=O)OC(C)(C)C)C1. The molecule has 0 aliphatic heterocycles. The maximum absolute atomic E-state index is 11.4. The molecule has 0 aromatic carbocycles. The van der Waals surface area contributed by atoms with Crippen molar-refractivity contribution in [1.82, 2.24) is 5.32 Å². The standard InChI is InChI=1S/C14H27NO2/c1-11-5-6-12(9-11)10-15-8-7-13(16)17-14(2,3)4/h11-12,15H,5-10H2,1-4H3. The van der Waals surface area contributed by atoms with Gasteiger partial charge < -0.3 is 10.1 Å². The number of hydrogen-bond acceptors (Lipinski definition) is 3. The van der Waals surface area contributed by atoms with Gasteiger partial charge in [-0.25, -0.2) is 0 Å². The van der Waals surface area contributed by atoms with E-state index in [1.807, 2.05) is 20.8 Å². The Hall–Kier alpha value is -0.570. The van der Waals surface area contributed by atoms with Crippen LogP contribution >= 0.6 is 0 Å². The average Bonchev–Trinajstić information content (AvgIpc) is 2.56. The number of rotatable bonds is 5. The van der Waals surface area contributed by atoms with E-state index in [9.17, 15) is 4.79 Å². The molecule has 100 valence electrons. The summed E-state index contributed by atoms with van der Waals surface area (Å²) in [6.45, 7) is 9.81. The summed E-state index contributed by atoms with van der Waals surface area (Å²) in [4.78, 5) is 11.4. The largest absolute Gasteiger partial charge is 0.460 e. The molecule has 3 heteroatoms. The van der Waals surface area contributed by atoms with Crippen molar-refractivity contribution < 1.29 is 9.53 Å². The van der Waals surface area contributed by atoms with Crippen LogP contribution in [0.2, 0.25) is 0 Å². The molecule has 0 radical (unpaired) electrons. The van der Waals surface area contributed by atoms with Crippen LogP contribution in [-0.4, -0.2) is 24.7 Å². The van der Waals surface area contributed by atoms with Gasteiger partial charge in [0, 0.05) is 6.54 Å². The van der Waals surface area contributed by atoms with Crippen LogP contribution in [0.25, 0.3) is 0 Å². The van der Waals surface area contributed by atoms with Gasteiger partial charge in [0.05, 0.1) is 6.42 Å². The highest BCUT2D eigenvalue weighted by Gasteiger charge is 2.21. The molecule has 1 N–H and O–H groups in total. The van der Waals surface area contributed by atoms with E-state index >= 15 is 0 Å². The Balaban J connectivity index is 2.02. The molecule has 3 nitrogen and oxygen atoms in total. The van der Waals surface area contributed by atoms with Crippen LogP contribution in [-0.2, 0) is 9.53 Å². The monoisotopic (exact) mass is 241 g/mol. The highest BCUT2D eigenvalue weighted by Crippen LogP contribution is 2.29. The van der Waals surface area contributed by atoms with Gasteiger partial charge in [0.1, 0.15) is 5.60 Å². The van der Waals surface area contributed by atoms with Gasteiger partial charge in [-0.2, -0.15) is 0 Å². The molecule has 0 spiro atoms. The zero-order valence-corrected chi connectivity index (χ0v) is 11.7. The number of carbonyl (C=O) groups excluding carboxylic acids is 1. The van der Waals surface area contributed by atoms with Gasteiger partial charge in [-0.15, -0.1) is 0 Å². The molecule has 1 rings (SSSR count). The predicted octanol–water partition coefficient (Wildman–Crippen LogP) is 2.74. The molecular weight excluding hydrogens is 214 g/mol. The second kappa shape index (κ2) is 6.39. The lowest BCUT2D eigenvalue weighted by Crippen LogP contribution is -2.28. The van der Waals surface area contributed by atoms with Gasteiger partial charge in [0.2, 0.25) is 0 Å². The Morgan fingerprint density at radius 1 is 1.35 bits per heavy atom. The smallest absolute Gasteiger partial charge is 0.307 e. The maximum Gasteiger partial charge on any atom is 0.307 e. The number of hydrogen-bond donors (Lipinski definition) is 1. The van der Waals surface area contributed by atoms with Gasteiger partial charge in [-0.1, -0.05) is 13.3 Å². The third-order valence-corrected chi connectivity index (χ3v) is 3.16. The van der Waals surface area contributed by atoms with Crippen molar-refractivity contribution in [3.63, 3.8) is 0 Å². The summed E-state index contributed by atoms with van der Waals surface area (Å²) in [5.41, 5.74) is -0.363. The van der Waals surface area contributed by atoms with E-state index in [-0.39, 0.29) is 11.6 Å². The van der Waals surface area contributed by atoms with E-state index in [1.165, 1.54) is 19.3 Å². The van der Waals surface area contributed by atoms with E-state index < -0.39 is 0 Å². The zero-order chi connectivity index (χ0) is 12.9. The third-order valence-electron chi connectivity index (χ3n) is 3.16. The summed E-state index contributed by atoms with van der Waals surface area (Å²) in [6, 6.07) is 0. The summed E-state index contributed by atoms with van der Waals surface area (Å²) in [5, 5.41) is 3.36. The lowest BCUT2D eigenvalue weighted by molar-refractivity contribution is -0.154. The summed E-state index contributed by atoms with van der Waals surface area (Å²) < 4.78 is 5.25. The van der Waals surface area contributed by atoms with Crippen LogP contribution in [0.5, 0.6) is 0 Å². The minimum atomic E-state index is -0.363. The number of nitrogens with one attached hydrogen (secondary N) is 1. The highest BCUT2D eigenvalue weighted by atomic mass is 16.6. The fourth-order valence-corrected chi connectivity index (χ4v) is 2.40. The molecule has 2 unspecified atom stereocenters. The molecule has 0 bridgehead atoms. The van der Waals surface area contributed by atoms with Crippen molar-refractivity contribution >= 4 is 5.97 Å². The number of esters is 1. The first-order valence-corrected chi connectivity index (χ1v) is 6.79. The first-order valence-electron chi connectivity index (χ1n) is 6.79. The van der Waals surface area contributed by atoms with E-state index in [2.05, 4.69) is 12.2 Å². The Morgan fingerprint density at radius 2 is 2.06 bits per heavy atom. The fourth-order valence-electron chi connectivity index (χ4n) is 2.40. The number of ether oxygens (including phenoxy) is 1. The first kappa shape index (κ1) is 14.5. The Kier molecular flexibility index (Phi) is 5.44. The van der Waals surface area contributed by atoms with Crippen molar-refractivity contribution in [2.24, 2.45) is 11.8 Å². The van der Waals surface area contributed by atoms with Gasteiger partial charge in [0.25, 0.3) is 0 Å². The second-order valence-electron chi connectivity index (χ2n) is 6.32. The molecule has 0 heterocycles. The van der Waals surface area contributed by atoms with Crippen LogP contribution in [0.15, 0.2) is 0 Å². The molecule has 1 aliphatic carbocycles. The first-order chi connectivity index (χ1) is 7.87. The predicted molar refractivity (Wildman–Crippen MR) is 69.8 cm³/mol. The van der Waals surface area contributed by atoms with E-state index in [1.54, 1.807) is 0 Å². The van der Waals surface area contributed by atoms with E-state index in [0.29, 0.717) is 6.42 Å². The second-order valence-corrected chi connectivity index (χ2v) is 6.32. The molecule has 1 fully saturated rings. The van der Waals surface area contributed by atoms with Crippen LogP contribution in [0.3, 0.4) is 0 Å². The van der Waals surface area contributed by atoms with Crippen molar-refractivity contribution in [1.29, 1.82) is 0 Å². The minimum absolute atomic E-state index is 0.107. The van der Waals surface area contributed by atoms with Crippen LogP contribution in [0.4, 0.5) is 0 Å². The average molecular weight is 241 g/mol. The fraction of sp³-hybridized carbons (Fsp3) is 0.929. The molecule has 0 aromatic rings. The topological polar surface area (TPSA) is 38.3 Å². The Morgan fingerprint density at radius 3 is 2.59 bits per heavy atom. The van der Waals surface area contributed by atoms with Crippen molar-refractivity contribution in [3.05, 3.63) is 0 Å². The molecule has 1 aliphatic rings. The molecule has 1 saturated carbocycles. The van der Waals surface area contributed by atoms with Gasteiger partial charge >= 0.3 is 5.97 Å². The van der Waals surface area contributed by atoms with Gasteiger partial charge in [-0.05, 0) is 52.0 Å². The zero-order valence-electron chi connectivity index (χ0n) is 11.7. The van der Waals surface area contributed by atoms with Crippen LogP contribution in [0, 0.1) is 11.8 Å². The summed E-state index contributed by atoms with van der Waals surface area (Å²) in [5.74, 6) is 1.58. The lowest BCUT2D eigenvalue weighted by Gasteiger charge is -2.19. The Bertz CT molecular complexity index is 245. The number of carbonyl (C=O) groups is 1. The maximum atomic E-state index is 11.4. The minimum Gasteiger partial charge on any atom is -0.460 e. The van der Waals surface area contributed by atoms with Gasteiger partial charge in [-0.3, -0.25) is 4.79 Å². The van der Waals surface area contributed by atoms with E-state index in [0.717, 1.165) is 24.9 Å². The molecule has 17 heavy (non-hydrogen) atoms. The van der Waals surface area contributed by atoms with Gasteiger partial charge in [0.15, 0.2) is 0 Å². The summed E-state index contributed by atoms with van der Waals surface area (Å²) >= 11 is 0. The van der Waals surface area contributed by atoms with Crippen molar-refractivity contribution in [2.45, 2.75) is 59.0 Å². The molecule has 0 amide bonds.